The molecule has 1 aliphatic heterocycles. The van der Waals surface area contributed by atoms with E-state index in [9.17, 15) is 0 Å². The van der Waals surface area contributed by atoms with Gasteiger partial charge in [-0.2, -0.15) is 0 Å². The summed E-state index contributed by atoms with van der Waals surface area (Å²) < 4.78 is 5.84. The van der Waals surface area contributed by atoms with Crippen molar-refractivity contribution in [2.24, 2.45) is 22.4 Å². The fourth-order valence-corrected chi connectivity index (χ4v) is 2.49. The van der Waals surface area contributed by atoms with Gasteiger partial charge in [-0.15, -0.1) is 0 Å². The molecule has 0 bridgehead atoms. The number of ether oxygens (including phenoxy) is 1. The van der Waals surface area contributed by atoms with Gasteiger partial charge in [0.05, 0.1) is 0 Å². The predicted molar refractivity (Wildman–Crippen MR) is 87.3 cm³/mol. The summed E-state index contributed by atoms with van der Waals surface area (Å²) in [6.07, 6.45) is 5.75. The average molecular weight is 297 g/mol. The van der Waals surface area contributed by atoms with Crippen LogP contribution in [0.1, 0.15) is 47.0 Å². The fourth-order valence-electron chi connectivity index (χ4n) is 2.49. The Hall–Kier alpha value is -1.11. The normalized spacial score (nSPS) is 22.9. The van der Waals surface area contributed by atoms with Crippen molar-refractivity contribution in [1.29, 1.82) is 0 Å². The van der Waals surface area contributed by atoms with E-state index in [1.165, 1.54) is 12.8 Å². The highest BCUT2D eigenvalue weighted by Crippen LogP contribution is 2.17. The second-order valence-corrected chi connectivity index (χ2v) is 5.73. The number of hydrazine groups is 1. The second kappa shape index (κ2) is 9.02. The van der Waals surface area contributed by atoms with E-state index in [0.717, 1.165) is 25.3 Å². The van der Waals surface area contributed by atoms with Crippen LogP contribution in [-0.2, 0) is 4.74 Å². The molecule has 21 heavy (non-hydrogen) atoms. The Kier molecular flexibility index (Phi) is 7.71. The van der Waals surface area contributed by atoms with Crippen molar-refractivity contribution >= 4 is 5.96 Å². The van der Waals surface area contributed by atoms with Crippen LogP contribution >= 0.6 is 0 Å². The van der Waals surface area contributed by atoms with Crippen LogP contribution in [-0.4, -0.2) is 36.4 Å². The van der Waals surface area contributed by atoms with Gasteiger partial charge in [0.15, 0.2) is 5.96 Å². The number of rotatable bonds is 7. The van der Waals surface area contributed by atoms with Crippen LogP contribution in [0.3, 0.4) is 0 Å². The van der Waals surface area contributed by atoms with Gasteiger partial charge >= 0.3 is 0 Å². The Balaban J connectivity index is 2.56. The number of nitrogens with one attached hydrogen (secondary N) is 1. The van der Waals surface area contributed by atoms with E-state index in [2.05, 4.69) is 42.3 Å². The fraction of sp³-hybridized carbons (Fsp3) is 0.800. The van der Waals surface area contributed by atoms with E-state index in [4.69, 9.17) is 16.2 Å². The standard InChI is InChI=1S/C15H31N5O/c1-5-20(14-8-6-7-9-21-14)19-13(4)11(2)10-12(3)18-15(16)17/h10-11,13-14,19H,5-9H2,1-4H3,(H4,16,17,18)/b12-10+/t11?,13-,14?/m0/s1. The molecule has 1 rings (SSSR count). The van der Waals surface area contributed by atoms with Gasteiger partial charge in [0.2, 0.25) is 0 Å². The smallest absolute Gasteiger partial charge is 0.190 e. The van der Waals surface area contributed by atoms with E-state index < -0.39 is 0 Å². The van der Waals surface area contributed by atoms with Gasteiger partial charge in [-0.05, 0) is 39.0 Å². The molecule has 0 radical (unpaired) electrons. The highest BCUT2D eigenvalue weighted by molar-refractivity contribution is 5.76. The van der Waals surface area contributed by atoms with Crippen LogP contribution in [0.5, 0.6) is 0 Å². The summed E-state index contributed by atoms with van der Waals surface area (Å²) in [5.74, 6) is 0.410. The minimum atomic E-state index is 0.0994. The van der Waals surface area contributed by atoms with E-state index in [1.807, 2.05) is 6.92 Å². The third kappa shape index (κ3) is 6.46. The molecule has 0 aromatic heterocycles. The van der Waals surface area contributed by atoms with E-state index in [-0.39, 0.29) is 18.2 Å². The summed E-state index contributed by atoms with van der Waals surface area (Å²) in [7, 11) is 0. The lowest BCUT2D eigenvalue weighted by Gasteiger charge is -2.36. The van der Waals surface area contributed by atoms with Crippen molar-refractivity contribution in [3.8, 4) is 0 Å². The Morgan fingerprint density at radius 1 is 1.43 bits per heavy atom. The van der Waals surface area contributed by atoms with Crippen LogP contribution in [0.4, 0.5) is 0 Å². The molecule has 1 fully saturated rings. The van der Waals surface area contributed by atoms with E-state index >= 15 is 0 Å². The molecule has 122 valence electrons. The average Bonchev–Trinajstić information content (AvgIpc) is 2.44. The lowest BCUT2D eigenvalue weighted by atomic mass is 10.0. The van der Waals surface area contributed by atoms with Crippen molar-refractivity contribution in [3.63, 3.8) is 0 Å². The number of nitrogens with zero attached hydrogens (tertiary/aromatic N) is 2. The number of allylic oxidation sites excluding steroid dienone is 1. The summed E-state index contributed by atoms with van der Waals surface area (Å²) in [5, 5.41) is 2.20. The third-order valence-corrected chi connectivity index (χ3v) is 3.81. The first-order valence-electron chi connectivity index (χ1n) is 7.86. The Labute approximate surface area is 128 Å². The lowest BCUT2D eigenvalue weighted by molar-refractivity contribution is -0.112. The molecule has 0 spiro atoms. The minimum absolute atomic E-state index is 0.0994. The molecule has 1 saturated heterocycles. The highest BCUT2D eigenvalue weighted by atomic mass is 16.5. The molecule has 1 aliphatic rings. The Morgan fingerprint density at radius 3 is 2.67 bits per heavy atom. The lowest BCUT2D eigenvalue weighted by Crippen LogP contribution is -2.52. The summed E-state index contributed by atoms with van der Waals surface area (Å²) in [6.45, 7) is 10.1. The van der Waals surface area contributed by atoms with Crippen molar-refractivity contribution in [2.75, 3.05) is 13.2 Å². The quantitative estimate of drug-likeness (QED) is 0.377. The molecule has 0 amide bonds. The molecular weight excluding hydrogens is 266 g/mol. The van der Waals surface area contributed by atoms with Gasteiger partial charge in [-0.3, -0.25) is 0 Å². The number of hydrogen-bond donors (Lipinski definition) is 3. The first kappa shape index (κ1) is 17.9. The van der Waals surface area contributed by atoms with Gasteiger partial charge in [0.1, 0.15) is 6.23 Å². The summed E-state index contributed by atoms with van der Waals surface area (Å²) in [5.41, 5.74) is 15.2. The molecule has 0 aromatic carbocycles. The molecule has 0 aliphatic carbocycles. The van der Waals surface area contributed by atoms with Crippen molar-refractivity contribution < 1.29 is 4.74 Å². The van der Waals surface area contributed by atoms with Crippen LogP contribution in [0.25, 0.3) is 0 Å². The zero-order valence-corrected chi connectivity index (χ0v) is 13.8. The van der Waals surface area contributed by atoms with Crippen LogP contribution < -0.4 is 16.9 Å². The maximum Gasteiger partial charge on any atom is 0.190 e. The third-order valence-electron chi connectivity index (χ3n) is 3.81. The topological polar surface area (TPSA) is 88.9 Å². The number of hydrogen-bond acceptors (Lipinski definition) is 4. The largest absolute Gasteiger partial charge is 0.370 e. The maximum absolute atomic E-state index is 5.84. The second-order valence-electron chi connectivity index (χ2n) is 5.73. The number of guanidine groups is 1. The maximum atomic E-state index is 5.84. The Morgan fingerprint density at radius 2 is 2.14 bits per heavy atom. The molecule has 5 N–H and O–H groups in total. The van der Waals surface area contributed by atoms with Gasteiger partial charge in [0.25, 0.3) is 0 Å². The number of nitrogens with two attached hydrogens (primary N) is 2. The summed E-state index contributed by atoms with van der Waals surface area (Å²) in [6, 6.07) is 0.277. The molecule has 0 saturated carbocycles. The van der Waals surface area contributed by atoms with Crippen LogP contribution in [0, 0.1) is 5.92 Å². The summed E-state index contributed by atoms with van der Waals surface area (Å²) >= 11 is 0. The van der Waals surface area contributed by atoms with Gasteiger partial charge in [-0.1, -0.05) is 19.9 Å². The first-order valence-corrected chi connectivity index (χ1v) is 7.86. The first-order chi connectivity index (χ1) is 9.93. The zero-order valence-electron chi connectivity index (χ0n) is 13.8. The molecule has 2 unspecified atom stereocenters. The molecule has 0 aromatic rings. The van der Waals surface area contributed by atoms with Crippen LogP contribution in [0.2, 0.25) is 0 Å². The van der Waals surface area contributed by atoms with Gasteiger partial charge in [-0.25, -0.2) is 15.4 Å². The van der Waals surface area contributed by atoms with E-state index in [0.29, 0.717) is 5.92 Å². The minimum Gasteiger partial charge on any atom is -0.370 e. The predicted octanol–water partition coefficient (Wildman–Crippen LogP) is 1.54. The van der Waals surface area contributed by atoms with Crippen molar-refractivity contribution in [2.45, 2.75) is 59.2 Å². The molecule has 1 heterocycles. The monoisotopic (exact) mass is 297 g/mol. The molecular formula is C15H31N5O. The van der Waals surface area contributed by atoms with Crippen LogP contribution in [0.15, 0.2) is 16.8 Å². The molecule has 3 atom stereocenters. The van der Waals surface area contributed by atoms with Crippen molar-refractivity contribution in [1.82, 2.24) is 10.4 Å². The van der Waals surface area contributed by atoms with E-state index in [1.54, 1.807) is 0 Å². The zero-order chi connectivity index (χ0) is 15.8. The SMILES string of the molecule is CCN(N[C@@H](C)C(C)/C=C(\C)N=C(N)N)C1CCCCO1. The molecule has 6 heteroatoms. The summed E-state index contributed by atoms with van der Waals surface area (Å²) in [4.78, 5) is 4.06. The number of aliphatic imine (C=N–C) groups is 1. The highest BCUT2D eigenvalue weighted by Gasteiger charge is 2.23. The van der Waals surface area contributed by atoms with Gasteiger partial charge < -0.3 is 16.2 Å². The van der Waals surface area contributed by atoms with Gasteiger partial charge in [0, 0.05) is 24.9 Å². The van der Waals surface area contributed by atoms with Crippen molar-refractivity contribution in [3.05, 3.63) is 11.8 Å². The molecule has 6 nitrogen and oxygen atoms in total. The Bertz CT molecular complexity index is 359.